The van der Waals surface area contributed by atoms with E-state index in [4.69, 9.17) is 17.3 Å². The van der Waals surface area contributed by atoms with Gasteiger partial charge >= 0.3 is 0 Å². The second-order valence-electron chi connectivity index (χ2n) is 5.51. The number of halogens is 1. The monoisotopic (exact) mass is 292 g/mol. The highest BCUT2D eigenvalue weighted by Crippen LogP contribution is 2.17. The van der Waals surface area contributed by atoms with E-state index in [9.17, 15) is 4.79 Å². The highest BCUT2D eigenvalue weighted by Gasteiger charge is 2.26. The molecule has 3 rings (SSSR count). The number of H-pyrrole nitrogens is 1. The molecule has 6 heteroatoms. The van der Waals surface area contributed by atoms with Gasteiger partial charge in [-0.2, -0.15) is 0 Å². The van der Waals surface area contributed by atoms with E-state index < -0.39 is 0 Å². The SMILES string of the molecule is CC1CN(Cc2nc3ccc(Cl)cc3c(=O)[nH]2)CC1N. The summed E-state index contributed by atoms with van der Waals surface area (Å²) in [5, 5.41) is 1.06. The van der Waals surface area contributed by atoms with Crippen molar-refractivity contribution in [3.05, 3.63) is 39.4 Å². The summed E-state index contributed by atoms with van der Waals surface area (Å²) < 4.78 is 0. The van der Waals surface area contributed by atoms with Crippen LogP contribution in [-0.4, -0.2) is 34.0 Å². The quantitative estimate of drug-likeness (QED) is 0.876. The second-order valence-corrected chi connectivity index (χ2v) is 5.95. The Morgan fingerprint density at radius 2 is 2.30 bits per heavy atom. The molecule has 2 aromatic rings. The molecule has 2 unspecified atom stereocenters. The molecule has 1 aliphatic heterocycles. The fourth-order valence-electron chi connectivity index (χ4n) is 2.67. The van der Waals surface area contributed by atoms with Crippen LogP contribution in [0.3, 0.4) is 0 Å². The molecule has 1 fully saturated rings. The van der Waals surface area contributed by atoms with E-state index in [0.29, 0.717) is 34.2 Å². The molecule has 5 nitrogen and oxygen atoms in total. The first kappa shape index (κ1) is 13.5. The Morgan fingerprint density at radius 3 is 3.00 bits per heavy atom. The number of hydrogen-bond donors (Lipinski definition) is 2. The van der Waals surface area contributed by atoms with Gasteiger partial charge in [-0.3, -0.25) is 9.69 Å². The zero-order valence-electron chi connectivity index (χ0n) is 11.3. The molecule has 0 spiro atoms. The first-order valence-electron chi connectivity index (χ1n) is 6.69. The Kier molecular flexibility index (Phi) is 3.50. The normalized spacial score (nSPS) is 23.6. The number of nitrogens with two attached hydrogens (primary N) is 1. The van der Waals surface area contributed by atoms with Crippen LogP contribution in [0.1, 0.15) is 12.7 Å². The lowest BCUT2D eigenvalue weighted by Crippen LogP contribution is -2.29. The van der Waals surface area contributed by atoms with Crippen molar-refractivity contribution in [1.29, 1.82) is 0 Å². The molecule has 0 aliphatic carbocycles. The lowest BCUT2D eigenvalue weighted by atomic mass is 10.1. The first-order valence-corrected chi connectivity index (χ1v) is 7.07. The van der Waals surface area contributed by atoms with Crippen LogP contribution < -0.4 is 11.3 Å². The van der Waals surface area contributed by atoms with Gasteiger partial charge in [0.15, 0.2) is 0 Å². The molecule has 0 radical (unpaired) electrons. The Bertz CT molecular complexity index is 689. The molecular weight excluding hydrogens is 276 g/mol. The van der Waals surface area contributed by atoms with E-state index in [1.165, 1.54) is 0 Å². The van der Waals surface area contributed by atoms with Crippen molar-refractivity contribution in [2.24, 2.45) is 11.7 Å². The van der Waals surface area contributed by atoms with Crippen molar-refractivity contribution in [2.75, 3.05) is 13.1 Å². The predicted molar refractivity (Wildman–Crippen MR) is 79.8 cm³/mol. The van der Waals surface area contributed by atoms with E-state index in [-0.39, 0.29) is 11.6 Å². The number of rotatable bonds is 2. The molecule has 0 amide bonds. The van der Waals surface area contributed by atoms with Gasteiger partial charge in [0.05, 0.1) is 17.4 Å². The summed E-state index contributed by atoms with van der Waals surface area (Å²) in [6, 6.07) is 5.35. The molecule has 1 saturated heterocycles. The second kappa shape index (κ2) is 5.16. The number of aromatic amines is 1. The van der Waals surface area contributed by atoms with Crippen molar-refractivity contribution in [2.45, 2.75) is 19.5 Å². The number of fused-ring (bicyclic) bond motifs is 1. The molecule has 2 atom stereocenters. The van der Waals surface area contributed by atoms with Crippen LogP contribution >= 0.6 is 11.6 Å². The topological polar surface area (TPSA) is 75.0 Å². The molecule has 106 valence electrons. The summed E-state index contributed by atoms with van der Waals surface area (Å²) in [5.41, 5.74) is 6.53. The van der Waals surface area contributed by atoms with Gasteiger partial charge in [0, 0.05) is 24.2 Å². The third-order valence-electron chi connectivity index (χ3n) is 3.84. The average Bonchev–Trinajstić information content (AvgIpc) is 2.69. The highest BCUT2D eigenvalue weighted by atomic mass is 35.5. The Hall–Kier alpha value is -1.43. The van der Waals surface area contributed by atoms with E-state index in [1.807, 2.05) is 0 Å². The Balaban J connectivity index is 1.90. The third-order valence-corrected chi connectivity index (χ3v) is 4.07. The summed E-state index contributed by atoms with van der Waals surface area (Å²) in [4.78, 5) is 21.6. The lowest BCUT2D eigenvalue weighted by Gasteiger charge is -2.14. The number of likely N-dealkylation sites (tertiary alicyclic amines) is 1. The number of hydrogen-bond acceptors (Lipinski definition) is 4. The van der Waals surface area contributed by atoms with Crippen LogP contribution in [0.15, 0.2) is 23.0 Å². The van der Waals surface area contributed by atoms with Crippen molar-refractivity contribution in [1.82, 2.24) is 14.9 Å². The van der Waals surface area contributed by atoms with E-state index in [0.717, 1.165) is 13.1 Å². The van der Waals surface area contributed by atoms with Crippen molar-refractivity contribution in [3.63, 3.8) is 0 Å². The van der Waals surface area contributed by atoms with Crippen LogP contribution in [0.25, 0.3) is 10.9 Å². The highest BCUT2D eigenvalue weighted by molar-refractivity contribution is 6.31. The number of aromatic nitrogens is 2. The van der Waals surface area contributed by atoms with Crippen LogP contribution in [0.4, 0.5) is 0 Å². The summed E-state index contributed by atoms with van der Waals surface area (Å²) in [6.07, 6.45) is 0. The van der Waals surface area contributed by atoms with Crippen LogP contribution in [0, 0.1) is 5.92 Å². The van der Waals surface area contributed by atoms with E-state index in [1.54, 1.807) is 18.2 Å². The Morgan fingerprint density at radius 1 is 1.50 bits per heavy atom. The van der Waals surface area contributed by atoms with E-state index in [2.05, 4.69) is 21.8 Å². The van der Waals surface area contributed by atoms with Crippen LogP contribution in [0.2, 0.25) is 5.02 Å². The van der Waals surface area contributed by atoms with Gasteiger partial charge in [-0.15, -0.1) is 0 Å². The Labute approximate surface area is 121 Å². The molecule has 0 bridgehead atoms. The average molecular weight is 293 g/mol. The number of nitrogens with one attached hydrogen (secondary N) is 1. The minimum Gasteiger partial charge on any atom is -0.326 e. The molecule has 2 heterocycles. The summed E-state index contributed by atoms with van der Waals surface area (Å²) >= 11 is 5.90. The molecule has 1 aliphatic rings. The largest absolute Gasteiger partial charge is 0.326 e. The van der Waals surface area contributed by atoms with Gasteiger partial charge in [0.25, 0.3) is 5.56 Å². The molecule has 3 N–H and O–H groups in total. The summed E-state index contributed by atoms with van der Waals surface area (Å²) in [7, 11) is 0. The minimum atomic E-state index is -0.149. The standard InChI is InChI=1S/C14H17ClN4O/c1-8-5-19(6-11(8)16)7-13-17-12-3-2-9(15)4-10(12)14(20)18-13/h2-4,8,11H,5-7,16H2,1H3,(H,17,18,20). The van der Waals surface area contributed by atoms with E-state index >= 15 is 0 Å². The lowest BCUT2D eigenvalue weighted by molar-refractivity contribution is 0.310. The molecule has 0 saturated carbocycles. The van der Waals surface area contributed by atoms with Crippen molar-refractivity contribution in [3.8, 4) is 0 Å². The molecule has 1 aromatic heterocycles. The summed E-state index contributed by atoms with van der Waals surface area (Å²) in [5.74, 6) is 1.15. The minimum absolute atomic E-state index is 0.149. The van der Waals surface area contributed by atoms with Gasteiger partial charge in [-0.1, -0.05) is 18.5 Å². The van der Waals surface area contributed by atoms with Crippen molar-refractivity contribution >= 4 is 22.5 Å². The predicted octanol–water partition coefficient (Wildman–Crippen LogP) is 1.36. The third kappa shape index (κ3) is 2.57. The smallest absolute Gasteiger partial charge is 0.258 e. The molecule has 1 aromatic carbocycles. The number of nitrogens with zero attached hydrogens (tertiary/aromatic N) is 2. The van der Waals surface area contributed by atoms with Crippen molar-refractivity contribution < 1.29 is 0 Å². The summed E-state index contributed by atoms with van der Waals surface area (Å²) in [6.45, 7) is 4.53. The van der Waals surface area contributed by atoms with Gasteiger partial charge in [-0.05, 0) is 24.1 Å². The fraction of sp³-hybridized carbons (Fsp3) is 0.429. The number of benzene rings is 1. The first-order chi connectivity index (χ1) is 9.52. The maximum absolute atomic E-state index is 12.1. The van der Waals surface area contributed by atoms with Gasteiger partial charge < -0.3 is 10.7 Å². The van der Waals surface area contributed by atoms with Gasteiger partial charge in [-0.25, -0.2) is 4.98 Å². The zero-order chi connectivity index (χ0) is 14.3. The fourth-order valence-corrected chi connectivity index (χ4v) is 2.84. The zero-order valence-corrected chi connectivity index (χ0v) is 12.0. The van der Waals surface area contributed by atoms with Crippen LogP contribution in [0.5, 0.6) is 0 Å². The maximum Gasteiger partial charge on any atom is 0.258 e. The van der Waals surface area contributed by atoms with Gasteiger partial charge in [0.2, 0.25) is 0 Å². The molecule has 20 heavy (non-hydrogen) atoms. The van der Waals surface area contributed by atoms with Gasteiger partial charge in [0.1, 0.15) is 5.82 Å². The maximum atomic E-state index is 12.1. The molecular formula is C14H17ClN4O. The van der Waals surface area contributed by atoms with Crippen LogP contribution in [-0.2, 0) is 6.54 Å².